The van der Waals surface area contributed by atoms with E-state index in [-0.39, 0.29) is 11.5 Å². The van der Waals surface area contributed by atoms with E-state index < -0.39 is 17.5 Å². The lowest BCUT2D eigenvalue weighted by atomic mass is 9.55. The van der Waals surface area contributed by atoms with Gasteiger partial charge in [-0.1, -0.05) is 6.08 Å². The lowest BCUT2D eigenvalue weighted by Crippen LogP contribution is -2.52. The van der Waals surface area contributed by atoms with Crippen LogP contribution in [0.5, 0.6) is 0 Å². The molecule has 1 fully saturated rings. The van der Waals surface area contributed by atoms with Crippen molar-refractivity contribution in [2.24, 2.45) is 17.3 Å². The van der Waals surface area contributed by atoms with Crippen molar-refractivity contribution >= 4 is 0 Å². The molecular weight excluding hydrogens is 231 g/mol. The van der Waals surface area contributed by atoms with E-state index in [1.807, 2.05) is 0 Å². The second-order valence-corrected chi connectivity index (χ2v) is 4.78. The molecule has 3 atom stereocenters. The minimum atomic E-state index is -4.42. The van der Waals surface area contributed by atoms with Crippen molar-refractivity contribution in [2.45, 2.75) is 19.0 Å². The first-order valence-corrected chi connectivity index (χ1v) is 5.53. The quantitative estimate of drug-likeness (QED) is 0.653. The van der Waals surface area contributed by atoms with Gasteiger partial charge in [0.1, 0.15) is 5.41 Å². The molecule has 1 saturated heterocycles. The minimum Gasteiger partial charge on any atom is -0.498 e. The van der Waals surface area contributed by atoms with Crippen LogP contribution in [-0.2, 0) is 4.74 Å². The average Bonchev–Trinajstić information content (AvgIpc) is 2.65. The summed E-state index contributed by atoms with van der Waals surface area (Å²) >= 11 is 0. The predicted molar refractivity (Wildman–Crippen MR) is 52.4 cm³/mol. The maximum atomic E-state index is 13.2. The van der Waals surface area contributed by atoms with Gasteiger partial charge in [0.05, 0.1) is 18.4 Å². The molecule has 5 heteroatoms. The number of allylic oxidation sites excluding steroid dienone is 4. The first kappa shape index (κ1) is 10.7. The van der Waals surface area contributed by atoms with Crippen molar-refractivity contribution < 1.29 is 17.9 Å². The fourth-order valence-corrected chi connectivity index (χ4v) is 3.09. The van der Waals surface area contributed by atoms with Gasteiger partial charge in [-0.2, -0.15) is 18.4 Å². The number of halogens is 3. The number of nitrogens with zero attached hydrogens (tertiary/aromatic N) is 1. The van der Waals surface area contributed by atoms with Gasteiger partial charge in [0.2, 0.25) is 0 Å². The molecule has 0 spiro atoms. The number of ether oxygens (including phenoxy) is 1. The summed E-state index contributed by atoms with van der Waals surface area (Å²) in [5, 5.41) is 8.81. The van der Waals surface area contributed by atoms with E-state index >= 15 is 0 Å². The molecule has 0 bridgehead atoms. The Morgan fingerprint density at radius 1 is 1.47 bits per heavy atom. The van der Waals surface area contributed by atoms with Gasteiger partial charge in [-0.05, 0) is 18.9 Å². The monoisotopic (exact) mass is 241 g/mol. The first-order chi connectivity index (χ1) is 7.99. The fraction of sp³-hybridized carbons (Fsp3) is 0.583. The molecule has 3 aliphatic rings. The first-order valence-electron chi connectivity index (χ1n) is 5.53. The van der Waals surface area contributed by atoms with Gasteiger partial charge >= 0.3 is 6.18 Å². The molecule has 1 aliphatic heterocycles. The Labute approximate surface area is 96.4 Å². The Bertz CT molecular complexity index is 471. The fourth-order valence-electron chi connectivity index (χ4n) is 3.09. The molecule has 1 heterocycles. The number of nitriles is 1. The van der Waals surface area contributed by atoms with Crippen LogP contribution in [-0.4, -0.2) is 12.8 Å². The SMILES string of the molecule is N#CC1=CC2CC3CCOC3=CC12C(F)(F)F. The van der Waals surface area contributed by atoms with Gasteiger partial charge in [0, 0.05) is 17.4 Å². The van der Waals surface area contributed by atoms with Crippen LogP contribution in [0.3, 0.4) is 0 Å². The standard InChI is InChI=1S/C12H10F3NO/c13-12(14,15)11-5-10-7(1-2-17-10)3-8(11)4-9(11)6-16/h4-5,7-8H,1-3H2. The minimum absolute atomic E-state index is 0.104. The van der Waals surface area contributed by atoms with Crippen molar-refractivity contribution in [3.05, 3.63) is 23.5 Å². The van der Waals surface area contributed by atoms with E-state index in [9.17, 15) is 13.2 Å². The highest BCUT2D eigenvalue weighted by molar-refractivity contribution is 5.49. The Hall–Kier alpha value is -1.44. The van der Waals surface area contributed by atoms with E-state index in [0.717, 1.165) is 12.5 Å². The van der Waals surface area contributed by atoms with Gasteiger partial charge in [-0.3, -0.25) is 0 Å². The third-order valence-corrected chi connectivity index (χ3v) is 4.03. The summed E-state index contributed by atoms with van der Waals surface area (Å²) in [4.78, 5) is 0. The maximum Gasteiger partial charge on any atom is 0.403 e. The highest BCUT2D eigenvalue weighted by Crippen LogP contribution is 2.63. The van der Waals surface area contributed by atoms with Crippen LogP contribution in [0.1, 0.15) is 12.8 Å². The number of hydrogen-bond acceptors (Lipinski definition) is 2. The molecular formula is C12H10F3NO. The van der Waals surface area contributed by atoms with Gasteiger partial charge in [-0.15, -0.1) is 0 Å². The highest BCUT2D eigenvalue weighted by atomic mass is 19.4. The van der Waals surface area contributed by atoms with Crippen molar-refractivity contribution in [1.82, 2.24) is 0 Å². The molecule has 3 unspecified atom stereocenters. The zero-order valence-corrected chi connectivity index (χ0v) is 8.92. The van der Waals surface area contributed by atoms with E-state index in [1.165, 1.54) is 6.08 Å². The molecule has 2 aliphatic carbocycles. The Morgan fingerprint density at radius 3 is 2.88 bits per heavy atom. The summed E-state index contributed by atoms with van der Waals surface area (Å²) in [5.74, 6) is -0.0565. The molecule has 90 valence electrons. The molecule has 0 aromatic carbocycles. The molecule has 0 amide bonds. The van der Waals surface area contributed by atoms with Gasteiger partial charge in [-0.25, -0.2) is 0 Å². The lowest BCUT2D eigenvalue weighted by molar-refractivity contribution is -0.215. The van der Waals surface area contributed by atoms with Gasteiger partial charge in [0.25, 0.3) is 0 Å². The predicted octanol–water partition coefficient (Wildman–Crippen LogP) is 2.94. The Morgan fingerprint density at radius 2 is 2.24 bits per heavy atom. The van der Waals surface area contributed by atoms with E-state index in [0.29, 0.717) is 18.8 Å². The van der Waals surface area contributed by atoms with Crippen LogP contribution in [0.2, 0.25) is 0 Å². The zero-order chi connectivity index (χ0) is 12.3. The summed E-state index contributed by atoms with van der Waals surface area (Å²) < 4.78 is 44.9. The molecule has 3 rings (SSSR count). The highest BCUT2D eigenvalue weighted by Gasteiger charge is 2.67. The van der Waals surface area contributed by atoms with Crippen LogP contribution in [0, 0.1) is 28.6 Å². The third-order valence-electron chi connectivity index (χ3n) is 4.03. The molecule has 17 heavy (non-hydrogen) atoms. The lowest BCUT2D eigenvalue weighted by Gasteiger charge is -2.48. The average molecular weight is 241 g/mol. The number of fused-ring (bicyclic) bond motifs is 2. The maximum absolute atomic E-state index is 13.2. The summed E-state index contributed by atoms with van der Waals surface area (Å²) in [7, 11) is 0. The molecule has 0 aromatic heterocycles. The molecule has 2 nitrogen and oxygen atoms in total. The number of rotatable bonds is 0. The second-order valence-electron chi connectivity index (χ2n) is 4.78. The summed E-state index contributed by atoms with van der Waals surface area (Å²) in [6, 6.07) is 1.67. The van der Waals surface area contributed by atoms with Crippen LogP contribution in [0.25, 0.3) is 0 Å². The third kappa shape index (κ3) is 1.16. The molecule has 0 N–H and O–H groups in total. The summed E-state index contributed by atoms with van der Waals surface area (Å²) in [6.45, 7) is 0.485. The molecule has 0 radical (unpaired) electrons. The largest absolute Gasteiger partial charge is 0.498 e. The molecule has 0 saturated carbocycles. The summed E-state index contributed by atoms with van der Waals surface area (Å²) in [6.07, 6.45) is -0.583. The van der Waals surface area contributed by atoms with Crippen LogP contribution in [0.4, 0.5) is 13.2 Å². The van der Waals surface area contributed by atoms with Crippen molar-refractivity contribution in [3.63, 3.8) is 0 Å². The number of alkyl halides is 3. The number of hydrogen-bond donors (Lipinski definition) is 0. The summed E-state index contributed by atoms with van der Waals surface area (Å²) in [5.41, 5.74) is -2.26. The van der Waals surface area contributed by atoms with Gasteiger partial charge < -0.3 is 4.74 Å². The van der Waals surface area contributed by atoms with Crippen LogP contribution in [0.15, 0.2) is 23.5 Å². The van der Waals surface area contributed by atoms with E-state index in [4.69, 9.17) is 10.00 Å². The Balaban J connectivity index is 2.11. The Kier molecular flexibility index (Phi) is 1.93. The van der Waals surface area contributed by atoms with Crippen molar-refractivity contribution in [2.75, 3.05) is 6.61 Å². The smallest absolute Gasteiger partial charge is 0.403 e. The second kappa shape index (κ2) is 3.06. The van der Waals surface area contributed by atoms with E-state index in [2.05, 4.69) is 0 Å². The van der Waals surface area contributed by atoms with Gasteiger partial charge in [0.15, 0.2) is 0 Å². The normalized spacial score (nSPS) is 38.9. The van der Waals surface area contributed by atoms with Crippen LogP contribution < -0.4 is 0 Å². The zero-order valence-electron chi connectivity index (χ0n) is 8.92. The van der Waals surface area contributed by atoms with Crippen LogP contribution >= 0.6 is 0 Å². The topological polar surface area (TPSA) is 33.0 Å². The van der Waals surface area contributed by atoms with Crippen molar-refractivity contribution in [3.8, 4) is 6.07 Å². The van der Waals surface area contributed by atoms with Crippen molar-refractivity contribution in [1.29, 1.82) is 5.26 Å². The van der Waals surface area contributed by atoms with E-state index in [1.54, 1.807) is 6.07 Å². The molecule has 0 aromatic rings.